The van der Waals surface area contributed by atoms with E-state index in [0.717, 1.165) is 12.0 Å². The highest BCUT2D eigenvalue weighted by atomic mass is 16.3. The fraction of sp³-hybridized carbons (Fsp3) is 0.600. The van der Waals surface area contributed by atoms with Crippen LogP contribution in [0.1, 0.15) is 76.9 Å². The smallest absolute Gasteiger partial charge is 0.100 e. The predicted octanol–water partition coefficient (Wildman–Crippen LogP) is 5.81. The minimum atomic E-state index is -0.400. The van der Waals surface area contributed by atoms with Gasteiger partial charge in [-0.3, -0.25) is 0 Å². The van der Waals surface area contributed by atoms with E-state index >= 15 is 0 Å². The summed E-state index contributed by atoms with van der Waals surface area (Å²) in [6.07, 6.45) is 9.49. The van der Waals surface area contributed by atoms with Gasteiger partial charge in [0.25, 0.3) is 0 Å². The van der Waals surface area contributed by atoms with Crippen LogP contribution >= 0.6 is 0 Å². The van der Waals surface area contributed by atoms with E-state index in [1.165, 1.54) is 50.5 Å². The van der Waals surface area contributed by atoms with Crippen molar-refractivity contribution in [2.45, 2.75) is 71.3 Å². The summed E-state index contributed by atoms with van der Waals surface area (Å²) in [5, 5.41) is 10.9. The van der Waals surface area contributed by atoms with E-state index in [9.17, 15) is 5.11 Å². The van der Waals surface area contributed by atoms with Crippen molar-refractivity contribution < 1.29 is 5.11 Å². The molecule has 1 aromatic carbocycles. The number of unbranched alkanes of at least 4 members (excludes halogenated alkanes) is 3. The second kappa shape index (κ2) is 8.38. The van der Waals surface area contributed by atoms with Gasteiger partial charge in [0.05, 0.1) is 0 Å². The molecule has 1 aliphatic carbocycles. The fourth-order valence-corrected chi connectivity index (χ4v) is 3.55. The fourth-order valence-electron chi connectivity index (χ4n) is 3.55. The molecule has 1 saturated carbocycles. The van der Waals surface area contributed by atoms with E-state index in [1.807, 2.05) is 18.2 Å². The third-order valence-corrected chi connectivity index (χ3v) is 4.84. The first-order chi connectivity index (χ1) is 10.2. The van der Waals surface area contributed by atoms with E-state index in [0.29, 0.717) is 5.92 Å². The zero-order chi connectivity index (χ0) is 15.1. The van der Waals surface area contributed by atoms with Crippen LogP contribution in [0.15, 0.2) is 41.5 Å². The normalized spacial score (nSPS) is 22.3. The van der Waals surface area contributed by atoms with Crippen LogP contribution < -0.4 is 0 Å². The van der Waals surface area contributed by atoms with Crippen molar-refractivity contribution in [1.29, 1.82) is 0 Å². The quantitative estimate of drug-likeness (QED) is 0.495. The number of hydrogen-bond donors (Lipinski definition) is 1. The first-order valence-corrected chi connectivity index (χ1v) is 8.68. The van der Waals surface area contributed by atoms with Gasteiger partial charge in [-0.2, -0.15) is 0 Å². The maximum absolute atomic E-state index is 10.9. The number of rotatable bonds is 7. The molecule has 0 aliphatic heterocycles. The van der Waals surface area contributed by atoms with Crippen LogP contribution in [0.2, 0.25) is 0 Å². The Morgan fingerprint density at radius 2 is 1.95 bits per heavy atom. The summed E-state index contributed by atoms with van der Waals surface area (Å²) in [6.45, 7) is 4.57. The topological polar surface area (TPSA) is 20.2 Å². The van der Waals surface area contributed by atoms with Gasteiger partial charge in [-0.1, -0.05) is 69.0 Å². The molecule has 1 N–H and O–H groups in total. The molecule has 0 spiro atoms. The second-order valence-electron chi connectivity index (χ2n) is 6.47. The summed E-state index contributed by atoms with van der Waals surface area (Å²) in [4.78, 5) is 0. The highest BCUT2D eigenvalue weighted by Gasteiger charge is 2.24. The Balaban J connectivity index is 2.15. The minimum absolute atomic E-state index is 0.400. The minimum Gasteiger partial charge on any atom is -0.384 e. The van der Waals surface area contributed by atoms with Crippen LogP contribution in [-0.2, 0) is 0 Å². The van der Waals surface area contributed by atoms with Gasteiger partial charge in [-0.05, 0) is 49.2 Å². The van der Waals surface area contributed by atoms with Crippen molar-refractivity contribution in [2.75, 3.05) is 0 Å². The molecule has 1 nitrogen and oxygen atoms in total. The Morgan fingerprint density at radius 3 is 2.57 bits per heavy atom. The first kappa shape index (κ1) is 16.3. The largest absolute Gasteiger partial charge is 0.384 e. The van der Waals surface area contributed by atoms with E-state index in [4.69, 9.17) is 0 Å². The molecule has 21 heavy (non-hydrogen) atoms. The molecule has 0 radical (unpaired) electrons. The zero-order valence-corrected chi connectivity index (χ0v) is 13.6. The first-order valence-electron chi connectivity index (χ1n) is 8.68. The molecule has 2 rings (SSSR count). The lowest BCUT2D eigenvalue weighted by Gasteiger charge is -2.21. The van der Waals surface area contributed by atoms with Gasteiger partial charge in [-0.25, -0.2) is 0 Å². The molecule has 0 amide bonds. The third-order valence-electron chi connectivity index (χ3n) is 4.84. The zero-order valence-electron chi connectivity index (χ0n) is 13.6. The van der Waals surface area contributed by atoms with Crippen LogP contribution in [0, 0.1) is 5.92 Å². The predicted molar refractivity (Wildman–Crippen MR) is 90.2 cm³/mol. The Morgan fingerprint density at radius 1 is 1.19 bits per heavy atom. The highest BCUT2D eigenvalue weighted by Crippen LogP contribution is 2.39. The van der Waals surface area contributed by atoms with Crippen molar-refractivity contribution in [1.82, 2.24) is 0 Å². The van der Waals surface area contributed by atoms with Crippen molar-refractivity contribution in [3.8, 4) is 0 Å². The maximum Gasteiger partial charge on any atom is 0.100 e. The monoisotopic (exact) mass is 286 g/mol. The van der Waals surface area contributed by atoms with Gasteiger partial charge in [0.15, 0.2) is 0 Å². The van der Waals surface area contributed by atoms with Crippen molar-refractivity contribution in [3.63, 3.8) is 0 Å². The van der Waals surface area contributed by atoms with E-state index < -0.39 is 6.10 Å². The van der Waals surface area contributed by atoms with E-state index in [2.05, 4.69) is 26.0 Å². The summed E-state index contributed by atoms with van der Waals surface area (Å²) in [5.41, 5.74) is 3.92. The van der Waals surface area contributed by atoms with Crippen molar-refractivity contribution >= 4 is 0 Å². The van der Waals surface area contributed by atoms with Gasteiger partial charge < -0.3 is 5.11 Å². The van der Waals surface area contributed by atoms with Gasteiger partial charge in [0, 0.05) is 0 Å². The summed E-state index contributed by atoms with van der Waals surface area (Å²) in [5.74, 6) is 0.657. The van der Waals surface area contributed by atoms with Gasteiger partial charge in [-0.15, -0.1) is 0 Å². The lowest BCUT2D eigenvalue weighted by molar-refractivity contribution is 0.208. The average Bonchev–Trinajstić information content (AvgIpc) is 2.94. The molecule has 1 aliphatic rings. The average molecular weight is 286 g/mol. The number of aliphatic hydroxyl groups is 1. The molecule has 1 heteroatoms. The SMILES string of the molecule is CCCCCC/C(=C1/CCC[C@H]1C)[C@@H](O)c1ccccc1. The summed E-state index contributed by atoms with van der Waals surface area (Å²) < 4.78 is 0. The van der Waals surface area contributed by atoms with E-state index in [-0.39, 0.29) is 0 Å². The molecule has 0 aromatic heterocycles. The van der Waals surface area contributed by atoms with Crippen LogP contribution in [0.3, 0.4) is 0 Å². The number of allylic oxidation sites excluding steroid dienone is 1. The van der Waals surface area contributed by atoms with Crippen LogP contribution in [0.5, 0.6) is 0 Å². The van der Waals surface area contributed by atoms with Gasteiger partial charge in [0.1, 0.15) is 6.10 Å². The second-order valence-corrected chi connectivity index (χ2v) is 6.47. The number of aliphatic hydroxyl groups excluding tert-OH is 1. The van der Waals surface area contributed by atoms with Crippen LogP contribution in [0.4, 0.5) is 0 Å². The summed E-state index contributed by atoms with van der Waals surface area (Å²) in [6, 6.07) is 10.2. The number of hydrogen-bond acceptors (Lipinski definition) is 1. The Labute approximate surface area is 130 Å². The maximum atomic E-state index is 10.9. The van der Waals surface area contributed by atoms with Crippen molar-refractivity contribution in [3.05, 3.63) is 47.0 Å². The lowest BCUT2D eigenvalue weighted by Crippen LogP contribution is -2.07. The summed E-state index contributed by atoms with van der Waals surface area (Å²) >= 11 is 0. The van der Waals surface area contributed by atoms with Crippen LogP contribution in [0.25, 0.3) is 0 Å². The Bertz CT molecular complexity index is 446. The third kappa shape index (κ3) is 4.44. The highest BCUT2D eigenvalue weighted by molar-refractivity contribution is 5.31. The van der Waals surface area contributed by atoms with Crippen molar-refractivity contribution in [2.24, 2.45) is 5.92 Å². The molecular formula is C20H30O. The number of benzene rings is 1. The molecular weight excluding hydrogens is 256 g/mol. The van der Waals surface area contributed by atoms with Gasteiger partial charge in [0.2, 0.25) is 0 Å². The van der Waals surface area contributed by atoms with Crippen LogP contribution in [-0.4, -0.2) is 5.11 Å². The summed E-state index contributed by atoms with van der Waals surface area (Å²) in [7, 11) is 0. The molecule has 0 saturated heterocycles. The molecule has 116 valence electrons. The Hall–Kier alpha value is -1.08. The standard InChI is InChI=1S/C20H30O/c1-3-4-5-9-14-19(18-15-10-11-16(18)2)20(21)17-12-7-6-8-13-17/h6-8,12-13,16,20-21H,3-5,9-11,14-15H2,1-2H3/b19-18+/t16-,20+/m1/s1. The molecule has 1 aromatic rings. The van der Waals surface area contributed by atoms with Gasteiger partial charge >= 0.3 is 0 Å². The molecule has 1 fully saturated rings. The molecule has 2 atom stereocenters. The lowest BCUT2D eigenvalue weighted by atomic mass is 9.88. The Kier molecular flexibility index (Phi) is 6.50. The molecule has 0 unspecified atom stereocenters. The molecule has 0 heterocycles. The van der Waals surface area contributed by atoms with E-state index in [1.54, 1.807) is 5.57 Å². The molecule has 0 bridgehead atoms.